The summed E-state index contributed by atoms with van der Waals surface area (Å²) in [6, 6.07) is 0. The molecule has 1 fully saturated rings. The van der Waals surface area contributed by atoms with Gasteiger partial charge in [0.15, 0.2) is 5.96 Å². The van der Waals surface area contributed by atoms with Crippen molar-refractivity contribution in [3.05, 3.63) is 0 Å². The van der Waals surface area contributed by atoms with Gasteiger partial charge < -0.3 is 15.8 Å². The molecule has 0 aromatic heterocycles. The number of guanidine groups is 1. The molecule has 0 aromatic carbocycles. The summed E-state index contributed by atoms with van der Waals surface area (Å²) in [6.07, 6.45) is 7.31. The molecule has 1 saturated heterocycles. The molecule has 0 amide bonds. The highest BCUT2D eigenvalue weighted by Crippen LogP contribution is 2.00. The molecule has 0 aliphatic carbocycles. The van der Waals surface area contributed by atoms with Gasteiger partial charge in [0.25, 0.3) is 0 Å². The van der Waals surface area contributed by atoms with Crippen molar-refractivity contribution < 1.29 is 4.74 Å². The molecular formula is C15H33IN4O. The molecule has 3 N–H and O–H groups in total. The lowest BCUT2D eigenvalue weighted by molar-refractivity contribution is 0.0372. The highest BCUT2D eigenvalue weighted by atomic mass is 127. The molecule has 1 rings (SSSR count). The summed E-state index contributed by atoms with van der Waals surface area (Å²) in [5, 5.41) is 3.20. The number of nitrogens with two attached hydrogens (primary N) is 1. The zero-order valence-electron chi connectivity index (χ0n) is 13.5. The zero-order chi connectivity index (χ0) is 14.5. The van der Waals surface area contributed by atoms with E-state index >= 15 is 0 Å². The quantitative estimate of drug-likeness (QED) is 0.250. The molecule has 1 aliphatic heterocycles. The minimum atomic E-state index is 0. The summed E-state index contributed by atoms with van der Waals surface area (Å²) >= 11 is 0. The Morgan fingerprint density at radius 3 is 2.62 bits per heavy atom. The Balaban J connectivity index is 0.00000400. The summed E-state index contributed by atoms with van der Waals surface area (Å²) in [5.41, 5.74) is 5.83. The number of unbranched alkanes of at least 4 members (excludes halogenated alkanes) is 4. The Bertz CT molecular complexity index is 258. The van der Waals surface area contributed by atoms with E-state index in [-0.39, 0.29) is 24.0 Å². The average molecular weight is 412 g/mol. The first-order valence-corrected chi connectivity index (χ1v) is 8.17. The summed E-state index contributed by atoms with van der Waals surface area (Å²) in [6.45, 7) is 9.09. The molecule has 21 heavy (non-hydrogen) atoms. The van der Waals surface area contributed by atoms with Gasteiger partial charge in [0.05, 0.1) is 13.2 Å². The summed E-state index contributed by atoms with van der Waals surface area (Å²) in [5.74, 6) is 0.605. The molecular weight excluding hydrogens is 379 g/mol. The van der Waals surface area contributed by atoms with E-state index in [4.69, 9.17) is 10.5 Å². The number of morpholine rings is 1. The van der Waals surface area contributed by atoms with Crippen molar-refractivity contribution in [1.29, 1.82) is 0 Å². The van der Waals surface area contributed by atoms with E-state index in [1.165, 1.54) is 32.2 Å². The number of hydrogen-bond acceptors (Lipinski definition) is 3. The molecule has 6 heteroatoms. The fourth-order valence-corrected chi connectivity index (χ4v) is 2.30. The molecule has 0 spiro atoms. The van der Waals surface area contributed by atoms with Crippen LogP contribution in [0.3, 0.4) is 0 Å². The van der Waals surface area contributed by atoms with Gasteiger partial charge in [-0.15, -0.1) is 24.0 Å². The first kappa shape index (κ1) is 20.9. The van der Waals surface area contributed by atoms with Crippen LogP contribution >= 0.6 is 24.0 Å². The number of ether oxygens (including phenoxy) is 1. The van der Waals surface area contributed by atoms with Crippen LogP contribution in [0.5, 0.6) is 0 Å². The van der Waals surface area contributed by atoms with Crippen molar-refractivity contribution in [1.82, 2.24) is 10.2 Å². The van der Waals surface area contributed by atoms with Gasteiger partial charge in [0.2, 0.25) is 0 Å². The van der Waals surface area contributed by atoms with E-state index in [1.54, 1.807) is 0 Å². The maximum absolute atomic E-state index is 5.83. The maximum Gasteiger partial charge on any atom is 0.188 e. The summed E-state index contributed by atoms with van der Waals surface area (Å²) in [7, 11) is 0. The molecule has 1 aliphatic rings. The predicted octanol–water partition coefficient (Wildman–Crippen LogP) is 2.20. The van der Waals surface area contributed by atoms with E-state index < -0.39 is 0 Å². The molecule has 126 valence electrons. The van der Waals surface area contributed by atoms with E-state index in [9.17, 15) is 0 Å². The Hall–Kier alpha value is -0.0800. The second-order valence-corrected chi connectivity index (χ2v) is 5.42. The second kappa shape index (κ2) is 14.8. The van der Waals surface area contributed by atoms with Crippen LogP contribution in [0.4, 0.5) is 0 Å². The zero-order valence-corrected chi connectivity index (χ0v) is 15.8. The maximum atomic E-state index is 5.83. The van der Waals surface area contributed by atoms with Gasteiger partial charge >= 0.3 is 0 Å². The second-order valence-electron chi connectivity index (χ2n) is 5.42. The van der Waals surface area contributed by atoms with Crippen LogP contribution in [0.15, 0.2) is 4.99 Å². The van der Waals surface area contributed by atoms with Crippen molar-refractivity contribution in [3.63, 3.8) is 0 Å². The molecule has 0 bridgehead atoms. The van der Waals surface area contributed by atoms with Crippen molar-refractivity contribution >= 4 is 29.9 Å². The fourth-order valence-electron chi connectivity index (χ4n) is 2.30. The van der Waals surface area contributed by atoms with Crippen LogP contribution in [-0.2, 0) is 4.74 Å². The van der Waals surface area contributed by atoms with Crippen LogP contribution in [0.25, 0.3) is 0 Å². The van der Waals surface area contributed by atoms with Crippen LogP contribution in [-0.4, -0.2) is 56.8 Å². The largest absolute Gasteiger partial charge is 0.379 e. The minimum absolute atomic E-state index is 0. The first-order valence-electron chi connectivity index (χ1n) is 8.17. The Labute approximate surface area is 147 Å². The third kappa shape index (κ3) is 12.2. The normalized spacial score (nSPS) is 16.5. The highest BCUT2D eigenvalue weighted by molar-refractivity contribution is 14.0. The number of aliphatic imine (C=N–C) groups is 1. The van der Waals surface area contributed by atoms with E-state index in [1.807, 2.05) is 0 Å². The summed E-state index contributed by atoms with van der Waals surface area (Å²) < 4.78 is 5.33. The van der Waals surface area contributed by atoms with Crippen molar-refractivity contribution in [2.24, 2.45) is 10.7 Å². The first-order chi connectivity index (χ1) is 9.83. The predicted molar refractivity (Wildman–Crippen MR) is 101 cm³/mol. The van der Waals surface area contributed by atoms with Gasteiger partial charge in [-0.25, -0.2) is 0 Å². The lowest BCUT2D eigenvalue weighted by atomic mass is 10.2. The van der Waals surface area contributed by atoms with Gasteiger partial charge in [0.1, 0.15) is 0 Å². The Morgan fingerprint density at radius 2 is 1.90 bits per heavy atom. The molecule has 0 aromatic rings. The van der Waals surface area contributed by atoms with Gasteiger partial charge in [-0.3, -0.25) is 9.89 Å². The fraction of sp³-hybridized carbons (Fsp3) is 0.933. The number of rotatable bonds is 10. The number of hydrogen-bond donors (Lipinski definition) is 2. The van der Waals surface area contributed by atoms with Crippen molar-refractivity contribution in [2.75, 3.05) is 45.9 Å². The van der Waals surface area contributed by atoms with Crippen molar-refractivity contribution in [3.8, 4) is 0 Å². The smallest absolute Gasteiger partial charge is 0.188 e. The number of nitrogens with one attached hydrogen (secondary N) is 1. The third-order valence-electron chi connectivity index (χ3n) is 3.60. The van der Waals surface area contributed by atoms with E-state index in [0.29, 0.717) is 5.96 Å². The highest BCUT2D eigenvalue weighted by Gasteiger charge is 2.08. The molecule has 5 nitrogen and oxygen atoms in total. The minimum Gasteiger partial charge on any atom is -0.379 e. The topological polar surface area (TPSA) is 62.9 Å². The lowest BCUT2D eigenvalue weighted by Gasteiger charge is -2.26. The number of halogens is 1. The molecule has 1 heterocycles. The third-order valence-corrected chi connectivity index (χ3v) is 3.60. The van der Waals surface area contributed by atoms with Gasteiger partial charge in [-0.05, 0) is 25.8 Å². The molecule has 0 unspecified atom stereocenters. The average Bonchev–Trinajstić information content (AvgIpc) is 2.48. The summed E-state index contributed by atoms with van der Waals surface area (Å²) in [4.78, 5) is 6.81. The van der Waals surface area contributed by atoms with Crippen LogP contribution in [0, 0.1) is 0 Å². The Morgan fingerprint density at radius 1 is 1.14 bits per heavy atom. The van der Waals surface area contributed by atoms with Crippen LogP contribution in [0.1, 0.15) is 45.4 Å². The molecule has 0 radical (unpaired) electrons. The van der Waals surface area contributed by atoms with E-state index in [0.717, 1.165) is 52.2 Å². The van der Waals surface area contributed by atoms with Crippen LogP contribution in [0.2, 0.25) is 0 Å². The SMILES string of the molecule is CCCCCCN=C(N)NCCCCN1CCOCC1.I. The van der Waals surface area contributed by atoms with Crippen molar-refractivity contribution in [2.45, 2.75) is 45.4 Å². The van der Waals surface area contributed by atoms with Gasteiger partial charge in [-0.1, -0.05) is 26.2 Å². The Kier molecular flexibility index (Phi) is 14.8. The lowest BCUT2D eigenvalue weighted by Crippen LogP contribution is -2.37. The van der Waals surface area contributed by atoms with Gasteiger partial charge in [-0.2, -0.15) is 0 Å². The van der Waals surface area contributed by atoms with Crippen LogP contribution < -0.4 is 11.1 Å². The van der Waals surface area contributed by atoms with E-state index in [2.05, 4.69) is 22.1 Å². The standard InChI is InChI=1S/C15H32N4O.HI/c1-2-3-4-5-8-17-15(16)18-9-6-7-10-19-11-13-20-14-12-19;/h2-14H2,1H3,(H3,16,17,18);1H. The monoisotopic (exact) mass is 412 g/mol. The molecule has 0 saturated carbocycles. The van der Waals surface area contributed by atoms with Gasteiger partial charge in [0, 0.05) is 26.2 Å². The number of nitrogens with zero attached hydrogens (tertiary/aromatic N) is 2. The molecule has 0 atom stereocenters.